The number of nitrogens with zero attached hydrogens (tertiary/aromatic N) is 4. The zero-order chi connectivity index (χ0) is 36.8. The highest BCUT2D eigenvalue weighted by Gasteiger charge is 2.43. The molecule has 2 atom stereocenters. The molecule has 2 N–H and O–H groups in total. The van der Waals surface area contributed by atoms with Crippen LogP contribution in [-0.4, -0.2) is 106 Å². The van der Waals surface area contributed by atoms with Crippen molar-refractivity contribution in [2.75, 3.05) is 67.1 Å². The van der Waals surface area contributed by atoms with Crippen LogP contribution in [0.1, 0.15) is 23.2 Å². The Hall–Kier alpha value is -4.94. The van der Waals surface area contributed by atoms with Crippen molar-refractivity contribution in [3.05, 3.63) is 52.3 Å². The first-order valence-corrected chi connectivity index (χ1v) is 16.1. The Kier molecular flexibility index (Phi) is 9.84. The van der Waals surface area contributed by atoms with Crippen LogP contribution in [0.25, 0.3) is 0 Å². The smallest absolute Gasteiger partial charge is 0.442 e. The van der Waals surface area contributed by atoms with Crippen molar-refractivity contribution in [1.29, 1.82) is 0 Å². The lowest BCUT2D eigenvalue weighted by molar-refractivity contribution is -0.291. The maximum absolute atomic E-state index is 15.2. The predicted octanol–water partition coefficient (Wildman–Crippen LogP) is 3.57. The lowest BCUT2D eigenvalue weighted by atomic mass is 9.90. The number of carbonyl (C=O) groups is 5. The molecule has 51 heavy (non-hydrogen) atoms. The normalized spacial score (nSPS) is 20.6. The zero-order valence-electron chi connectivity index (χ0n) is 26.4. The number of nitrogens with one attached hydrogen (secondary N) is 2. The van der Waals surface area contributed by atoms with Gasteiger partial charge in [0.15, 0.2) is 17.4 Å². The van der Waals surface area contributed by atoms with Gasteiger partial charge in [-0.15, -0.1) is 13.2 Å². The van der Waals surface area contributed by atoms with Gasteiger partial charge >= 0.3 is 18.5 Å². The molecule has 1 aliphatic carbocycles. The number of anilines is 3. The van der Waals surface area contributed by atoms with Crippen molar-refractivity contribution in [1.82, 2.24) is 15.5 Å². The molecule has 0 radical (unpaired) electrons. The number of ether oxygens (including phenoxy) is 2. The Balaban J connectivity index is 1.01. The average molecular weight is 747 g/mol. The van der Waals surface area contributed by atoms with E-state index in [2.05, 4.69) is 10.1 Å². The fourth-order valence-electron chi connectivity index (χ4n) is 6.24. The number of alkyl halides is 3. The number of amides is 4. The fourth-order valence-corrected chi connectivity index (χ4v) is 6.39. The van der Waals surface area contributed by atoms with Crippen LogP contribution in [0.3, 0.4) is 0 Å². The molecule has 2 saturated heterocycles. The number of hydrogen-bond acceptors (Lipinski definition) is 9. The van der Waals surface area contributed by atoms with Crippen LogP contribution in [0, 0.1) is 23.4 Å². The van der Waals surface area contributed by atoms with Crippen molar-refractivity contribution in [2.45, 2.75) is 31.3 Å². The van der Waals surface area contributed by atoms with Crippen LogP contribution in [0.2, 0.25) is 5.02 Å². The third-order valence-electron chi connectivity index (χ3n) is 8.85. The van der Waals surface area contributed by atoms with Gasteiger partial charge in [-0.05, 0) is 25.0 Å². The first-order valence-electron chi connectivity index (χ1n) is 15.7. The number of halogens is 7. The summed E-state index contributed by atoms with van der Waals surface area (Å²) < 4.78 is 89.3. The standard InChI is InChI=1S/C31H29ClF6N6O7/c32-20-10-24-18(9-21(20)33)27(46)19(14-43(24)15-1-2-15)28(47)39-12-25(45)41-3-5-42(6-4-41)26-22(34)7-16(8-23(26)35)44-13-17(50-30(44)49)11-40-29(48)51-31(36,37)38/h7-10,15,17,19H,1-6,11-14H2,(H,39,47)(H,40,48)/t17-,19?/m0/s1. The van der Waals surface area contributed by atoms with Gasteiger partial charge in [-0.2, -0.15) is 0 Å². The summed E-state index contributed by atoms with van der Waals surface area (Å²) in [7, 11) is 0. The van der Waals surface area contributed by atoms with Gasteiger partial charge in [0, 0.05) is 62.1 Å². The van der Waals surface area contributed by atoms with Gasteiger partial charge < -0.3 is 34.8 Å². The number of ketones is 1. The van der Waals surface area contributed by atoms with Crippen molar-refractivity contribution in [2.24, 2.45) is 5.92 Å². The van der Waals surface area contributed by atoms with E-state index in [9.17, 15) is 41.5 Å². The first kappa shape index (κ1) is 35.9. The minimum absolute atomic E-state index is 0.00274. The second-order valence-corrected chi connectivity index (χ2v) is 12.7. The molecule has 0 spiro atoms. The molecule has 3 aliphatic heterocycles. The van der Waals surface area contributed by atoms with Gasteiger partial charge in [-0.3, -0.25) is 19.3 Å². The minimum atomic E-state index is -5.22. The van der Waals surface area contributed by atoms with Gasteiger partial charge in [0.1, 0.15) is 23.5 Å². The van der Waals surface area contributed by atoms with Crippen LogP contribution in [0.4, 0.5) is 53.0 Å². The summed E-state index contributed by atoms with van der Waals surface area (Å²) in [6.07, 6.45) is -7.55. The highest BCUT2D eigenvalue weighted by molar-refractivity contribution is 6.31. The van der Waals surface area contributed by atoms with E-state index in [1.54, 1.807) is 5.32 Å². The van der Waals surface area contributed by atoms with E-state index in [4.69, 9.17) is 16.3 Å². The third kappa shape index (κ3) is 7.87. The summed E-state index contributed by atoms with van der Waals surface area (Å²) in [4.78, 5) is 68.2. The predicted molar refractivity (Wildman–Crippen MR) is 166 cm³/mol. The summed E-state index contributed by atoms with van der Waals surface area (Å²) in [5.41, 5.74) is -0.157. The number of Topliss-reactive ketones (excluding diaryl/α,β-unsaturated/α-hetero) is 1. The first-order chi connectivity index (χ1) is 24.1. The van der Waals surface area contributed by atoms with Crippen molar-refractivity contribution < 1.29 is 59.8 Å². The summed E-state index contributed by atoms with van der Waals surface area (Å²) in [5.74, 6) is -5.83. The largest absolute Gasteiger partial charge is 0.576 e. The Labute approximate surface area is 290 Å². The van der Waals surface area contributed by atoms with Crippen LogP contribution in [-0.2, 0) is 19.1 Å². The van der Waals surface area contributed by atoms with E-state index in [1.807, 2.05) is 4.90 Å². The fraction of sp³-hybridized carbons (Fsp3) is 0.452. The second-order valence-electron chi connectivity index (χ2n) is 12.3. The van der Waals surface area contributed by atoms with E-state index in [0.29, 0.717) is 5.69 Å². The quantitative estimate of drug-likeness (QED) is 0.307. The van der Waals surface area contributed by atoms with Crippen LogP contribution in [0.15, 0.2) is 24.3 Å². The molecule has 1 unspecified atom stereocenters. The highest BCUT2D eigenvalue weighted by Crippen LogP contribution is 2.40. The van der Waals surface area contributed by atoms with E-state index < -0.39 is 84.4 Å². The van der Waals surface area contributed by atoms with E-state index in [1.165, 1.54) is 15.9 Å². The summed E-state index contributed by atoms with van der Waals surface area (Å²) in [6, 6.07) is 4.22. The number of piperazine rings is 1. The van der Waals surface area contributed by atoms with E-state index >= 15 is 8.78 Å². The summed E-state index contributed by atoms with van der Waals surface area (Å²) in [5, 5.41) is 4.14. The van der Waals surface area contributed by atoms with Crippen molar-refractivity contribution >= 4 is 58.4 Å². The van der Waals surface area contributed by atoms with Crippen molar-refractivity contribution in [3.8, 4) is 0 Å². The van der Waals surface area contributed by atoms with Crippen molar-refractivity contribution in [3.63, 3.8) is 0 Å². The van der Waals surface area contributed by atoms with Crippen LogP contribution < -0.4 is 25.3 Å². The SMILES string of the molecule is O=C(NC[C@H]1CN(c2cc(F)c(N3CCN(C(=O)CNC(=O)C4CN(C5CC5)c5cc(Cl)c(F)cc5C4=O)CC3)c(F)c2)C(=O)O1)OC(F)(F)F. The van der Waals surface area contributed by atoms with Gasteiger partial charge in [0.05, 0.1) is 30.3 Å². The highest BCUT2D eigenvalue weighted by atomic mass is 35.5. The zero-order valence-corrected chi connectivity index (χ0v) is 27.2. The molecule has 4 amide bonds. The lowest BCUT2D eigenvalue weighted by Gasteiger charge is -2.37. The Morgan fingerprint density at radius 2 is 1.59 bits per heavy atom. The second kappa shape index (κ2) is 14.0. The molecule has 0 aromatic heterocycles. The number of benzene rings is 2. The van der Waals surface area contributed by atoms with Gasteiger partial charge in [0.25, 0.3) is 0 Å². The average Bonchev–Trinajstić information content (AvgIpc) is 3.83. The minimum Gasteiger partial charge on any atom is -0.442 e. The Morgan fingerprint density at radius 3 is 2.22 bits per heavy atom. The number of hydrogen-bond donors (Lipinski definition) is 2. The molecule has 1 saturated carbocycles. The number of cyclic esters (lactones) is 1. The summed E-state index contributed by atoms with van der Waals surface area (Å²) >= 11 is 5.94. The molecule has 274 valence electrons. The molecule has 13 nitrogen and oxygen atoms in total. The molecule has 0 bridgehead atoms. The molecule has 20 heteroatoms. The van der Waals surface area contributed by atoms with E-state index in [0.717, 1.165) is 35.9 Å². The van der Waals surface area contributed by atoms with E-state index in [-0.39, 0.29) is 61.6 Å². The molecule has 3 heterocycles. The molecule has 4 aliphatic rings. The molecule has 2 aromatic carbocycles. The topological polar surface area (TPSA) is 141 Å². The lowest BCUT2D eigenvalue weighted by Crippen LogP contribution is -2.53. The monoisotopic (exact) mass is 746 g/mol. The number of fused-ring (bicyclic) bond motifs is 1. The molecule has 2 aromatic rings. The molecular weight excluding hydrogens is 718 g/mol. The Morgan fingerprint density at radius 1 is 0.922 bits per heavy atom. The van der Waals surface area contributed by atoms with Gasteiger partial charge in [0.2, 0.25) is 11.8 Å². The molecule has 6 rings (SSSR count). The van der Waals surface area contributed by atoms with Crippen LogP contribution >= 0.6 is 11.6 Å². The van der Waals surface area contributed by atoms with Crippen LogP contribution in [0.5, 0.6) is 0 Å². The third-order valence-corrected chi connectivity index (χ3v) is 9.14. The number of carbonyl (C=O) groups excluding carboxylic acids is 5. The number of alkyl carbamates (subject to hydrolysis) is 1. The summed E-state index contributed by atoms with van der Waals surface area (Å²) in [6.45, 7) is -1.23. The maximum Gasteiger partial charge on any atom is 0.576 e. The maximum atomic E-state index is 15.2. The van der Waals surface area contributed by atoms with Gasteiger partial charge in [-0.1, -0.05) is 11.6 Å². The van der Waals surface area contributed by atoms with Gasteiger partial charge in [-0.25, -0.2) is 22.8 Å². The number of rotatable bonds is 8. The molecular formula is C31H29ClF6N6O7. The molecule has 3 fully saturated rings. The Bertz CT molecular complexity index is 1750.